The van der Waals surface area contributed by atoms with Gasteiger partial charge in [0.05, 0.1) is 6.10 Å². The molecule has 0 aliphatic rings. The van der Waals surface area contributed by atoms with Gasteiger partial charge in [-0.1, -0.05) is 26.2 Å². The van der Waals surface area contributed by atoms with E-state index in [0.717, 1.165) is 12.2 Å². The summed E-state index contributed by atoms with van der Waals surface area (Å²) in [6.45, 7) is 4.38. The van der Waals surface area contributed by atoms with Crippen LogP contribution in [0.15, 0.2) is 24.3 Å². The predicted octanol–water partition coefficient (Wildman–Crippen LogP) is 1.43. The summed E-state index contributed by atoms with van der Waals surface area (Å²) < 4.78 is 5.77. The zero-order chi connectivity index (χ0) is 10.9. The van der Waals surface area contributed by atoms with Crippen LogP contribution in [0.4, 0.5) is 0 Å². The van der Waals surface area contributed by atoms with Gasteiger partial charge < -0.3 is 9.44 Å². The topological polar surface area (TPSA) is 9.23 Å². The molecule has 0 aliphatic heterocycles. The van der Waals surface area contributed by atoms with Crippen LogP contribution in [-0.4, -0.2) is 29.2 Å². The quantitative estimate of drug-likeness (QED) is 0.418. The van der Waals surface area contributed by atoms with Crippen LogP contribution >= 0.6 is 17.0 Å². The van der Waals surface area contributed by atoms with Gasteiger partial charge in [0, 0.05) is 5.75 Å². The van der Waals surface area contributed by atoms with Gasteiger partial charge in [-0.25, -0.2) is 0 Å². The first kappa shape index (κ1) is 23.3. The Morgan fingerprint density at radius 1 is 1.17 bits per heavy atom. The number of ether oxygens (including phenoxy) is 1. The Morgan fingerprint density at radius 2 is 1.78 bits per heavy atom. The zero-order valence-corrected chi connectivity index (χ0v) is 14.5. The Hall–Kier alpha value is 0.196. The van der Waals surface area contributed by atoms with Crippen molar-refractivity contribution >= 4 is 40.0 Å². The number of unbranched alkanes of at least 4 members (excludes halogenated alkanes) is 3. The van der Waals surface area contributed by atoms with Crippen LogP contribution in [0.3, 0.4) is 0 Å². The van der Waals surface area contributed by atoms with Gasteiger partial charge in [-0.05, 0) is 19.8 Å². The van der Waals surface area contributed by atoms with E-state index >= 15 is 0 Å². The molecule has 0 bridgehead atoms. The molecule has 1 aromatic carbocycles. The van der Waals surface area contributed by atoms with Crippen molar-refractivity contribution in [3.05, 3.63) is 30.3 Å². The van der Waals surface area contributed by atoms with Crippen LogP contribution in [0.1, 0.15) is 46.0 Å². The van der Waals surface area contributed by atoms with E-state index in [9.17, 15) is 0 Å². The molecular weight excluding hydrogens is 307 g/mol. The van der Waals surface area contributed by atoms with Gasteiger partial charge in [0.2, 0.25) is 0 Å². The summed E-state index contributed by atoms with van der Waals surface area (Å²) in [4.78, 5) is 0. The van der Waals surface area contributed by atoms with Gasteiger partial charge in [0.25, 0.3) is 0 Å². The predicted molar refractivity (Wildman–Crippen MR) is 80.2 cm³/mol. The van der Waals surface area contributed by atoms with Gasteiger partial charge in [0.15, 0.2) is 0 Å². The minimum Gasteiger partial charge on any atom is -1.00 e. The Kier molecular flexibility index (Phi) is 19.7. The Labute approximate surface area is 137 Å². The standard InChI is InChI=1S/C14H21O.BrH.FH.Mg/c1-3-4-5-7-10-13(2)15-14-11-8-6-9-12-14;;;/h8-9,11-13H,3-5,7,10H2,1-2H3;2*1H;/q-1;;;+2/p-1. The third-order valence-electron chi connectivity index (χ3n) is 2.49. The normalized spacial score (nSPS) is 10.3. The summed E-state index contributed by atoms with van der Waals surface area (Å²) in [7, 11) is 0. The number of benzene rings is 1. The van der Waals surface area contributed by atoms with E-state index in [1.54, 1.807) is 0 Å². The van der Waals surface area contributed by atoms with Crippen LogP contribution in [-0.2, 0) is 0 Å². The van der Waals surface area contributed by atoms with Crippen molar-refractivity contribution < 1.29 is 9.44 Å². The molecule has 0 N–H and O–H groups in total. The first-order valence-corrected chi connectivity index (χ1v) is 5.95. The fourth-order valence-corrected chi connectivity index (χ4v) is 1.60. The third-order valence-corrected chi connectivity index (χ3v) is 2.49. The summed E-state index contributed by atoms with van der Waals surface area (Å²) in [5.41, 5.74) is 0. The molecule has 0 spiro atoms. The molecule has 18 heavy (non-hydrogen) atoms. The number of hydrogen-bond acceptors (Lipinski definition) is 1. The zero-order valence-electron chi connectivity index (χ0n) is 11.3. The summed E-state index contributed by atoms with van der Waals surface area (Å²) in [6, 6.07) is 10.7. The second kappa shape index (κ2) is 15.3. The van der Waals surface area contributed by atoms with E-state index in [-0.39, 0.29) is 44.7 Å². The van der Waals surface area contributed by atoms with Gasteiger partial charge in [-0.2, -0.15) is 18.2 Å². The molecule has 0 radical (unpaired) electrons. The smallest absolute Gasteiger partial charge is 1.00 e. The van der Waals surface area contributed by atoms with Crippen molar-refractivity contribution in [2.45, 2.75) is 52.1 Å². The molecule has 100 valence electrons. The SMILES string of the molecule is Br.CCCCCCC(C)Oc1cc[c-]cc1.[F-].[Mg+2]. The Bertz CT molecular complexity index is 259. The van der Waals surface area contributed by atoms with E-state index in [1.807, 2.05) is 24.3 Å². The first-order valence-electron chi connectivity index (χ1n) is 5.95. The van der Waals surface area contributed by atoms with Crippen molar-refractivity contribution in [2.75, 3.05) is 0 Å². The first-order chi connectivity index (χ1) is 7.33. The van der Waals surface area contributed by atoms with Crippen molar-refractivity contribution in [3.8, 4) is 5.75 Å². The number of rotatable bonds is 7. The molecule has 1 nitrogen and oxygen atoms in total. The van der Waals surface area contributed by atoms with E-state index in [2.05, 4.69) is 19.9 Å². The van der Waals surface area contributed by atoms with Crippen molar-refractivity contribution in [1.29, 1.82) is 0 Å². The minimum absolute atomic E-state index is 0. The van der Waals surface area contributed by atoms with Crippen LogP contribution in [0.25, 0.3) is 0 Å². The maximum Gasteiger partial charge on any atom is 2.00 e. The van der Waals surface area contributed by atoms with Crippen LogP contribution in [0.5, 0.6) is 5.75 Å². The molecule has 1 aromatic rings. The molecule has 1 rings (SSSR count). The molecular formula is C14H22BrFMgO. The fraction of sp³-hybridized carbons (Fsp3) is 0.571. The molecule has 1 atom stereocenters. The van der Waals surface area contributed by atoms with Crippen molar-refractivity contribution in [3.63, 3.8) is 0 Å². The molecule has 0 aliphatic carbocycles. The van der Waals surface area contributed by atoms with E-state index < -0.39 is 0 Å². The number of hydrogen-bond donors (Lipinski definition) is 0. The van der Waals surface area contributed by atoms with Crippen molar-refractivity contribution in [1.82, 2.24) is 0 Å². The van der Waals surface area contributed by atoms with E-state index in [4.69, 9.17) is 4.74 Å². The van der Waals surface area contributed by atoms with Gasteiger partial charge >= 0.3 is 23.1 Å². The molecule has 0 fully saturated rings. The van der Waals surface area contributed by atoms with Gasteiger partial charge in [0.1, 0.15) is 0 Å². The third kappa shape index (κ3) is 11.3. The monoisotopic (exact) mass is 328 g/mol. The second-order valence-corrected chi connectivity index (χ2v) is 4.01. The molecule has 1 unspecified atom stereocenters. The van der Waals surface area contributed by atoms with Crippen LogP contribution in [0, 0.1) is 6.07 Å². The summed E-state index contributed by atoms with van der Waals surface area (Å²) in [5.74, 6) is 0.955. The molecule has 0 saturated heterocycles. The summed E-state index contributed by atoms with van der Waals surface area (Å²) in [5, 5.41) is 0. The minimum atomic E-state index is 0. The fourth-order valence-electron chi connectivity index (χ4n) is 1.60. The van der Waals surface area contributed by atoms with Crippen LogP contribution in [0.2, 0.25) is 0 Å². The number of halogens is 2. The summed E-state index contributed by atoms with van der Waals surface area (Å²) >= 11 is 0. The van der Waals surface area contributed by atoms with E-state index in [1.165, 1.54) is 25.7 Å². The maximum atomic E-state index is 5.77. The largest absolute Gasteiger partial charge is 2.00 e. The second-order valence-electron chi connectivity index (χ2n) is 4.01. The van der Waals surface area contributed by atoms with Gasteiger partial charge in [-0.15, -0.1) is 29.1 Å². The average Bonchev–Trinajstić information content (AvgIpc) is 2.26. The van der Waals surface area contributed by atoms with E-state index in [0.29, 0.717) is 6.10 Å². The molecule has 0 saturated carbocycles. The van der Waals surface area contributed by atoms with Crippen molar-refractivity contribution in [2.24, 2.45) is 0 Å². The summed E-state index contributed by atoms with van der Waals surface area (Å²) in [6.07, 6.45) is 6.71. The molecule has 0 amide bonds. The molecule has 4 heteroatoms. The Balaban J connectivity index is -0.000000750. The maximum absolute atomic E-state index is 5.77. The molecule has 0 heterocycles. The van der Waals surface area contributed by atoms with Gasteiger partial charge in [-0.3, -0.25) is 0 Å². The Morgan fingerprint density at radius 3 is 2.33 bits per heavy atom. The van der Waals surface area contributed by atoms with Crippen LogP contribution < -0.4 is 9.44 Å². The average molecular weight is 330 g/mol. The molecule has 0 aromatic heterocycles.